The summed E-state index contributed by atoms with van der Waals surface area (Å²) in [7, 11) is -8.30. The van der Waals surface area contributed by atoms with Crippen LogP contribution in [-0.4, -0.2) is 31.4 Å². The normalized spacial score (nSPS) is 16.1. The Kier molecular flexibility index (Phi) is 9.48. The average Bonchev–Trinajstić information content (AvgIpc) is 2.29. The van der Waals surface area contributed by atoms with Crippen molar-refractivity contribution < 1.29 is 28.7 Å². The van der Waals surface area contributed by atoms with Crippen LogP contribution in [0.3, 0.4) is 0 Å². The zero-order chi connectivity index (χ0) is 15.8. The van der Waals surface area contributed by atoms with Crippen LogP contribution < -0.4 is 0 Å². The van der Waals surface area contributed by atoms with Gasteiger partial charge in [-0.3, -0.25) is 9.13 Å². The van der Waals surface area contributed by atoms with Gasteiger partial charge in [0.05, 0.1) is 5.66 Å². The molecule has 0 bridgehead atoms. The van der Waals surface area contributed by atoms with Gasteiger partial charge in [-0.25, -0.2) is 0 Å². The summed E-state index contributed by atoms with van der Waals surface area (Å²) in [5, 5.41) is 0. The van der Waals surface area contributed by atoms with Gasteiger partial charge >= 0.3 is 15.2 Å². The average molecular weight is 330 g/mol. The van der Waals surface area contributed by atoms with E-state index in [0.717, 1.165) is 25.7 Å². The van der Waals surface area contributed by atoms with Crippen molar-refractivity contribution in [1.29, 1.82) is 0 Å². The summed E-state index contributed by atoms with van der Waals surface area (Å²) in [5.74, 6) is 0.266. The molecule has 6 nitrogen and oxygen atoms in total. The number of hydrogen-bond acceptors (Lipinski definition) is 2. The van der Waals surface area contributed by atoms with Crippen LogP contribution in [0.5, 0.6) is 0 Å². The van der Waals surface area contributed by atoms with E-state index in [2.05, 4.69) is 6.92 Å². The molecule has 0 aromatic rings. The Bertz CT molecular complexity index is 348. The van der Waals surface area contributed by atoms with E-state index in [1.54, 1.807) is 0 Å². The largest absolute Gasteiger partial charge is 0.328 e. The second-order valence-corrected chi connectivity index (χ2v) is 9.11. The van der Waals surface area contributed by atoms with Gasteiger partial charge in [0.15, 0.2) is 0 Å². The maximum Gasteiger partial charge on any atom is 0.328 e. The Morgan fingerprint density at radius 3 is 1.95 bits per heavy atom. The fourth-order valence-electron chi connectivity index (χ4n) is 2.32. The molecule has 0 aliphatic heterocycles. The van der Waals surface area contributed by atoms with E-state index in [1.165, 1.54) is 0 Å². The second kappa shape index (κ2) is 9.34. The van der Waals surface area contributed by atoms with Crippen molar-refractivity contribution in [1.82, 2.24) is 0 Å². The minimum absolute atomic E-state index is 0.143. The molecule has 0 aromatic carbocycles. The summed E-state index contributed by atoms with van der Waals surface area (Å²) < 4.78 is 22.3. The Hall–Kier alpha value is 0.300. The van der Waals surface area contributed by atoms with E-state index >= 15 is 0 Å². The van der Waals surface area contributed by atoms with Gasteiger partial charge in [-0.2, -0.15) is 0 Å². The molecule has 0 aliphatic carbocycles. The van der Waals surface area contributed by atoms with Gasteiger partial charge < -0.3 is 19.6 Å². The fraction of sp³-hybridized carbons (Fsp3) is 1.00. The Morgan fingerprint density at radius 2 is 1.55 bits per heavy atom. The van der Waals surface area contributed by atoms with Crippen LogP contribution in [0.2, 0.25) is 0 Å². The van der Waals surface area contributed by atoms with E-state index in [-0.39, 0.29) is 24.9 Å². The van der Waals surface area contributed by atoms with Crippen molar-refractivity contribution in [2.75, 3.05) is 6.16 Å². The van der Waals surface area contributed by atoms with Crippen molar-refractivity contribution in [2.45, 2.75) is 64.5 Å². The molecule has 2 unspecified atom stereocenters. The molecule has 4 N–H and O–H groups in total. The zero-order valence-electron chi connectivity index (χ0n) is 12.3. The molecule has 0 aliphatic rings. The van der Waals surface area contributed by atoms with Gasteiger partial charge in [0, 0.05) is 6.16 Å². The quantitative estimate of drug-likeness (QED) is 0.433. The van der Waals surface area contributed by atoms with Crippen LogP contribution in [0.4, 0.5) is 0 Å². The van der Waals surface area contributed by atoms with Crippen molar-refractivity contribution in [2.24, 2.45) is 5.92 Å². The van der Waals surface area contributed by atoms with Gasteiger partial charge in [0.2, 0.25) is 0 Å². The van der Waals surface area contributed by atoms with Crippen LogP contribution in [0.1, 0.15) is 58.8 Å². The van der Waals surface area contributed by atoms with Crippen LogP contribution in [0.15, 0.2) is 0 Å². The molecule has 122 valence electrons. The first-order valence-electron chi connectivity index (χ1n) is 7.20. The van der Waals surface area contributed by atoms with Gasteiger partial charge in [-0.05, 0) is 25.2 Å². The smallest absolute Gasteiger partial charge is 0.324 e. The van der Waals surface area contributed by atoms with Crippen molar-refractivity contribution in [3.05, 3.63) is 0 Å². The number of hydrogen-bond donors (Lipinski definition) is 4. The molecule has 0 saturated heterocycles. The summed E-state index contributed by atoms with van der Waals surface area (Å²) >= 11 is 0. The Morgan fingerprint density at radius 1 is 0.950 bits per heavy atom. The molecule has 0 rings (SSSR count). The standard InChI is InChI=1S/C12H28O6P2/c1-3-5-7-11(4-2)10-12(20(16,17)18)8-6-9-19(13,14)15/h11-12H,3-10H2,1-2H3,(H2,13,14,15)(H2,16,17,18). The van der Waals surface area contributed by atoms with Crippen LogP contribution in [0.25, 0.3) is 0 Å². The van der Waals surface area contributed by atoms with Crippen molar-refractivity contribution in [3.8, 4) is 0 Å². The lowest BCUT2D eigenvalue weighted by Crippen LogP contribution is -2.15. The predicted molar refractivity (Wildman–Crippen MR) is 79.9 cm³/mol. The van der Waals surface area contributed by atoms with E-state index < -0.39 is 20.9 Å². The summed E-state index contributed by atoms with van der Waals surface area (Å²) in [6, 6.07) is 0. The van der Waals surface area contributed by atoms with E-state index in [4.69, 9.17) is 9.79 Å². The minimum atomic E-state index is -4.21. The molecule has 0 radical (unpaired) electrons. The van der Waals surface area contributed by atoms with Gasteiger partial charge in [0.25, 0.3) is 0 Å². The van der Waals surface area contributed by atoms with E-state index in [1.807, 2.05) is 6.92 Å². The molecule has 8 heteroatoms. The summed E-state index contributed by atoms with van der Waals surface area (Å²) in [6.07, 6.45) is 4.33. The molecule has 0 saturated carbocycles. The fourth-order valence-corrected chi connectivity index (χ4v) is 4.01. The minimum Gasteiger partial charge on any atom is -0.324 e. The van der Waals surface area contributed by atoms with Crippen LogP contribution in [-0.2, 0) is 9.13 Å². The third-order valence-electron chi connectivity index (χ3n) is 3.61. The highest BCUT2D eigenvalue weighted by Gasteiger charge is 2.31. The SMILES string of the molecule is CCCCC(CC)CC(CCCP(=O)(O)O)P(=O)(O)O. The summed E-state index contributed by atoms with van der Waals surface area (Å²) in [6.45, 7) is 4.08. The highest BCUT2D eigenvalue weighted by Crippen LogP contribution is 2.48. The Labute approximate surface area is 121 Å². The first-order chi connectivity index (χ1) is 9.10. The molecule has 0 amide bonds. The van der Waals surface area contributed by atoms with E-state index in [9.17, 15) is 18.9 Å². The molecule has 20 heavy (non-hydrogen) atoms. The Balaban J connectivity index is 4.49. The molecule has 2 atom stereocenters. The van der Waals surface area contributed by atoms with Crippen molar-refractivity contribution in [3.63, 3.8) is 0 Å². The first kappa shape index (κ1) is 20.3. The van der Waals surface area contributed by atoms with Gasteiger partial charge in [-0.1, -0.05) is 39.5 Å². The summed E-state index contributed by atoms with van der Waals surface area (Å²) in [5.41, 5.74) is -0.782. The lowest BCUT2D eigenvalue weighted by molar-refractivity contribution is 0.323. The monoisotopic (exact) mass is 330 g/mol. The molecular weight excluding hydrogens is 302 g/mol. The molecule has 0 heterocycles. The van der Waals surface area contributed by atoms with Gasteiger partial charge in [-0.15, -0.1) is 0 Å². The maximum atomic E-state index is 11.5. The third kappa shape index (κ3) is 10.1. The highest BCUT2D eigenvalue weighted by atomic mass is 31.2. The number of unbranched alkanes of at least 4 members (excludes halogenated alkanes) is 1. The van der Waals surface area contributed by atoms with Crippen LogP contribution in [0, 0.1) is 5.92 Å². The van der Waals surface area contributed by atoms with E-state index in [0.29, 0.717) is 6.42 Å². The summed E-state index contributed by atoms with van der Waals surface area (Å²) in [4.78, 5) is 36.4. The van der Waals surface area contributed by atoms with Gasteiger partial charge in [0.1, 0.15) is 0 Å². The zero-order valence-corrected chi connectivity index (χ0v) is 14.1. The van der Waals surface area contributed by atoms with Crippen LogP contribution >= 0.6 is 15.2 Å². The third-order valence-corrected chi connectivity index (χ3v) is 5.93. The molecule has 0 aromatic heterocycles. The predicted octanol–water partition coefficient (Wildman–Crippen LogP) is 3.10. The first-order valence-corrected chi connectivity index (χ1v) is 10.7. The highest BCUT2D eigenvalue weighted by molar-refractivity contribution is 7.52. The second-order valence-electron chi connectivity index (χ2n) is 5.43. The maximum absolute atomic E-state index is 11.5. The molecule has 0 spiro atoms. The number of rotatable bonds is 11. The topological polar surface area (TPSA) is 115 Å². The molecule has 0 fully saturated rings. The molecular formula is C12H28O6P2. The lowest BCUT2D eigenvalue weighted by atomic mass is 9.93. The van der Waals surface area contributed by atoms with Crippen molar-refractivity contribution >= 4 is 15.2 Å². The lowest BCUT2D eigenvalue weighted by Gasteiger charge is -2.23.